The molecule has 0 atom stereocenters. The average molecular weight is 392 g/mol. The molecule has 2 heterocycles. The Bertz CT molecular complexity index is 922. The lowest BCUT2D eigenvalue weighted by Gasteiger charge is -2.26. The highest BCUT2D eigenvalue weighted by Gasteiger charge is 2.36. The zero-order chi connectivity index (χ0) is 19.2. The first-order chi connectivity index (χ1) is 12.9. The van der Waals surface area contributed by atoms with Crippen LogP contribution in [0.1, 0.15) is 68.9 Å². The summed E-state index contributed by atoms with van der Waals surface area (Å²) in [6.45, 7) is 4.39. The van der Waals surface area contributed by atoms with E-state index in [0.29, 0.717) is 6.54 Å². The molecule has 0 spiro atoms. The van der Waals surface area contributed by atoms with Crippen LogP contribution in [0.2, 0.25) is 0 Å². The number of sulfonamides is 1. The maximum atomic E-state index is 13.5. The van der Waals surface area contributed by atoms with E-state index in [1.807, 2.05) is 30.1 Å². The van der Waals surface area contributed by atoms with Gasteiger partial charge in [-0.3, -0.25) is 4.68 Å². The Kier molecular flexibility index (Phi) is 4.88. The van der Waals surface area contributed by atoms with Gasteiger partial charge in [0.1, 0.15) is 0 Å². The van der Waals surface area contributed by atoms with E-state index < -0.39 is 10.0 Å². The Morgan fingerprint density at radius 2 is 1.96 bits per heavy atom. The van der Waals surface area contributed by atoms with E-state index in [1.54, 1.807) is 16.8 Å². The van der Waals surface area contributed by atoms with E-state index in [-0.39, 0.29) is 17.1 Å². The van der Waals surface area contributed by atoms with E-state index in [1.165, 1.54) is 11.3 Å². The third kappa shape index (κ3) is 3.33. The van der Waals surface area contributed by atoms with Gasteiger partial charge in [-0.05, 0) is 51.5 Å². The van der Waals surface area contributed by atoms with Crippen molar-refractivity contribution in [2.45, 2.75) is 82.4 Å². The summed E-state index contributed by atoms with van der Waals surface area (Å²) in [5.41, 5.74) is 3.44. The molecule has 0 unspecified atom stereocenters. The summed E-state index contributed by atoms with van der Waals surface area (Å²) in [5.74, 6) is 0. The molecule has 0 aromatic carbocycles. The lowest BCUT2D eigenvalue weighted by atomic mass is 10.2. The Morgan fingerprint density at radius 3 is 2.63 bits per heavy atom. The molecule has 0 aliphatic heterocycles. The first-order valence-electron chi connectivity index (χ1n) is 9.97. The summed E-state index contributed by atoms with van der Waals surface area (Å²) < 4.78 is 32.4. The van der Waals surface area contributed by atoms with Crippen LogP contribution in [-0.2, 0) is 36.5 Å². The van der Waals surface area contributed by atoms with Crippen molar-refractivity contribution in [3.05, 3.63) is 29.5 Å². The Labute approximate surface area is 161 Å². The second-order valence-electron chi connectivity index (χ2n) is 8.09. The largest absolute Gasteiger partial charge is 0.334 e. The number of rotatable bonds is 6. The van der Waals surface area contributed by atoms with Crippen LogP contribution in [-0.4, -0.2) is 38.1 Å². The Balaban J connectivity index is 1.69. The molecule has 4 rings (SSSR count). The summed E-state index contributed by atoms with van der Waals surface area (Å²) in [6.07, 6.45) is 10.4. The molecule has 2 aromatic heterocycles. The molecule has 0 N–H and O–H groups in total. The lowest BCUT2D eigenvalue weighted by molar-refractivity contribution is 0.310. The molecule has 8 heteroatoms. The summed E-state index contributed by atoms with van der Waals surface area (Å²) in [6, 6.07) is 0.221. The van der Waals surface area contributed by atoms with Gasteiger partial charge in [0.25, 0.3) is 10.0 Å². The van der Waals surface area contributed by atoms with Crippen LogP contribution in [0.15, 0.2) is 17.6 Å². The standard InChI is InChI=1S/C19H29N5O2S/c1-14(2)23-12-19(20-13-23)27(25,26)24(15-7-4-5-8-15)11-17-16-9-6-10-18(16)22(3)21-17/h12-15H,4-11H2,1-3H3. The predicted molar refractivity (Wildman–Crippen MR) is 103 cm³/mol. The van der Waals surface area contributed by atoms with Crippen LogP contribution in [0.4, 0.5) is 0 Å². The summed E-state index contributed by atoms with van der Waals surface area (Å²) in [4.78, 5) is 4.23. The van der Waals surface area contributed by atoms with Gasteiger partial charge in [-0.1, -0.05) is 12.8 Å². The number of imidazole rings is 1. The van der Waals surface area contributed by atoms with Crippen LogP contribution >= 0.6 is 0 Å². The normalized spacial score (nSPS) is 18.1. The van der Waals surface area contributed by atoms with Gasteiger partial charge in [0.2, 0.25) is 0 Å². The topological polar surface area (TPSA) is 73.0 Å². The van der Waals surface area contributed by atoms with Gasteiger partial charge in [-0.25, -0.2) is 13.4 Å². The van der Waals surface area contributed by atoms with Crippen molar-refractivity contribution in [3.8, 4) is 0 Å². The first kappa shape index (κ1) is 18.7. The minimum atomic E-state index is -3.65. The monoisotopic (exact) mass is 391 g/mol. The molecule has 2 aromatic rings. The molecule has 7 nitrogen and oxygen atoms in total. The fourth-order valence-corrected chi connectivity index (χ4v) is 6.00. The molecule has 148 valence electrons. The molecule has 1 fully saturated rings. The van der Waals surface area contributed by atoms with Gasteiger partial charge in [0.15, 0.2) is 5.03 Å². The average Bonchev–Trinajstić information content (AvgIpc) is 3.39. The lowest BCUT2D eigenvalue weighted by Crippen LogP contribution is -2.38. The maximum absolute atomic E-state index is 13.5. The summed E-state index contributed by atoms with van der Waals surface area (Å²) in [7, 11) is -1.69. The zero-order valence-corrected chi connectivity index (χ0v) is 17.2. The summed E-state index contributed by atoms with van der Waals surface area (Å²) in [5, 5.41) is 4.82. The predicted octanol–water partition coefficient (Wildman–Crippen LogP) is 2.82. The molecule has 27 heavy (non-hydrogen) atoms. The Morgan fingerprint density at radius 1 is 1.22 bits per heavy atom. The van der Waals surface area contributed by atoms with Crippen molar-refractivity contribution >= 4 is 10.0 Å². The third-order valence-corrected chi connectivity index (χ3v) is 7.77. The van der Waals surface area contributed by atoms with Crippen LogP contribution in [0.3, 0.4) is 0 Å². The third-order valence-electron chi connectivity index (χ3n) is 5.98. The molecule has 0 amide bonds. The smallest absolute Gasteiger partial charge is 0.262 e. The van der Waals surface area contributed by atoms with Crippen molar-refractivity contribution < 1.29 is 8.42 Å². The molecule has 0 saturated heterocycles. The van der Waals surface area contributed by atoms with Crippen LogP contribution < -0.4 is 0 Å². The van der Waals surface area contributed by atoms with E-state index >= 15 is 0 Å². The van der Waals surface area contributed by atoms with Crippen molar-refractivity contribution in [1.29, 1.82) is 0 Å². The fraction of sp³-hybridized carbons (Fsp3) is 0.684. The number of fused-ring (bicyclic) bond motifs is 1. The van der Waals surface area contributed by atoms with Gasteiger partial charge < -0.3 is 4.57 Å². The minimum Gasteiger partial charge on any atom is -0.334 e. The highest BCUT2D eigenvalue weighted by Crippen LogP contribution is 2.32. The van der Waals surface area contributed by atoms with Crippen LogP contribution in [0.5, 0.6) is 0 Å². The number of nitrogens with zero attached hydrogens (tertiary/aromatic N) is 5. The van der Waals surface area contributed by atoms with Gasteiger partial charge in [-0.2, -0.15) is 9.40 Å². The SMILES string of the molecule is CC(C)n1cnc(S(=O)(=O)N(Cc2nn(C)c3c2CCC3)C2CCCC2)c1. The number of aryl methyl sites for hydroxylation is 1. The van der Waals surface area contributed by atoms with Crippen molar-refractivity contribution in [3.63, 3.8) is 0 Å². The van der Waals surface area contributed by atoms with Crippen molar-refractivity contribution in [1.82, 2.24) is 23.6 Å². The molecule has 1 saturated carbocycles. The van der Waals surface area contributed by atoms with Gasteiger partial charge in [-0.15, -0.1) is 0 Å². The van der Waals surface area contributed by atoms with E-state index in [0.717, 1.165) is 50.6 Å². The van der Waals surface area contributed by atoms with Crippen LogP contribution in [0.25, 0.3) is 0 Å². The molecular formula is C19H29N5O2S. The maximum Gasteiger partial charge on any atom is 0.262 e. The molecule has 0 radical (unpaired) electrons. The number of hydrogen-bond donors (Lipinski definition) is 0. The van der Waals surface area contributed by atoms with Gasteiger partial charge >= 0.3 is 0 Å². The zero-order valence-electron chi connectivity index (χ0n) is 16.4. The quantitative estimate of drug-likeness (QED) is 0.759. The second-order valence-corrected chi connectivity index (χ2v) is 9.93. The van der Waals surface area contributed by atoms with E-state index in [4.69, 9.17) is 0 Å². The molecule has 0 bridgehead atoms. The van der Waals surface area contributed by atoms with Gasteiger partial charge in [0.05, 0.1) is 18.6 Å². The molecular weight excluding hydrogens is 362 g/mol. The number of aromatic nitrogens is 4. The fourth-order valence-electron chi connectivity index (χ4n) is 4.43. The van der Waals surface area contributed by atoms with Crippen LogP contribution in [0, 0.1) is 0 Å². The first-order valence-corrected chi connectivity index (χ1v) is 11.4. The molecule has 2 aliphatic rings. The minimum absolute atomic E-state index is 0.0401. The van der Waals surface area contributed by atoms with E-state index in [9.17, 15) is 8.42 Å². The van der Waals surface area contributed by atoms with Crippen molar-refractivity contribution in [2.75, 3.05) is 0 Å². The van der Waals surface area contributed by atoms with Crippen molar-refractivity contribution in [2.24, 2.45) is 7.05 Å². The van der Waals surface area contributed by atoms with E-state index in [2.05, 4.69) is 10.1 Å². The highest BCUT2D eigenvalue weighted by molar-refractivity contribution is 7.89. The Hall–Kier alpha value is -1.67. The second kappa shape index (κ2) is 7.05. The molecule has 2 aliphatic carbocycles. The number of hydrogen-bond acceptors (Lipinski definition) is 4. The summed E-state index contributed by atoms with van der Waals surface area (Å²) >= 11 is 0. The highest BCUT2D eigenvalue weighted by atomic mass is 32.2. The van der Waals surface area contributed by atoms with Gasteiger partial charge in [0, 0.05) is 31.0 Å².